The summed E-state index contributed by atoms with van der Waals surface area (Å²) in [7, 11) is 1.52. The number of carbonyl (C=O) groups is 2. The van der Waals surface area contributed by atoms with Gasteiger partial charge in [-0.25, -0.2) is 4.79 Å². The number of ether oxygens (including phenoxy) is 1. The number of amides is 2. The fraction of sp³-hybridized carbons (Fsp3) is 0.286. The number of hydrogen-bond donors (Lipinski definition) is 1. The summed E-state index contributed by atoms with van der Waals surface area (Å²) in [6, 6.07) is 16.7. The Morgan fingerprint density at radius 3 is 2.50 bits per heavy atom. The first kappa shape index (κ1) is 25.5. The van der Waals surface area contributed by atoms with Gasteiger partial charge in [-0.15, -0.1) is 11.3 Å². The van der Waals surface area contributed by atoms with Crippen LogP contribution in [0.25, 0.3) is 10.2 Å². The molecule has 1 aliphatic rings. The van der Waals surface area contributed by atoms with Crippen LogP contribution in [0, 0.1) is 0 Å². The first-order chi connectivity index (χ1) is 18.4. The van der Waals surface area contributed by atoms with Crippen molar-refractivity contribution in [3.05, 3.63) is 91.4 Å². The molecular weight excluding hydrogens is 504 g/mol. The van der Waals surface area contributed by atoms with Crippen LogP contribution in [-0.2, 0) is 42.1 Å². The van der Waals surface area contributed by atoms with Gasteiger partial charge >= 0.3 is 5.69 Å². The van der Waals surface area contributed by atoms with Crippen molar-refractivity contribution >= 4 is 39.1 Å². The number of nitrogens with zero attached hydrogens (tertiary/aromatic N) is 3. The Hall–Kier alpha value is -4.18. The SMILES string of the molecule is COc1ccccc1NC(=O)Cn1c(=O)n(CCc2ccccc2)c(=O)c2c3c(sc21)CN(C(C)=O)CC3. The molecule has 4 aromatic rings. The molecule has 3 heterocycles. The maximum absolute atomic E-state index is 13.7. The van der Waals surface area contributed by atoms with Crippen molar-refractivity contribution in [2.75, 3.05) is 19.0 Å². The zero-order valence-electron chi connectivity index (χ0n) is 21.2. The standard InChI is InChI=1S/C28H28N4O5S/c1-18(33)30-14-13-20-23(16-30)38-27-25(20)26(35)31(15-12-19-8-4-3-5-9-19)28(36)32(27)17-24(34)29-21-10-6-7-11-22(21)37-2/h3-11H,12-17H2,1-2H3,(H,29,34). The summed E-state index contributed by atoms with van der Waals surface area (Å²) in [6.07, 6.45) is 1.02. The number of hydrogen-bond acceptors (Lipinski definition) is 6. The van der Waals surface area contributed by atoms with E-state index in [-0.39, 0.29) is 24.6 Å². The second-order valence-electron chi connectivity index (χ2n) is 9.18. The third-order valence-electron chi connectivity index (χ3n) is 6.80. The number of carbonyl (C=O) groups excluding carboxylic acids is 2. The first-order valence-corrected chi connectivity index (χ1v) is 13.2. The Bertz CT molecular complexity index is 1640. The lowest BCUT2D eigenvalue weighted by Crippen LogP contribution is -2.42. The molecule has 196 valence electrons. The van der Waals surface area contributed by atoms with Gasteiger partial charge in [0.2, 0.25) is 11.8 Å². The van der Waals surface area contributed by atoms with Gasteiger partial charge in [0.1, 0.15) is 17.1 Å². The maximum atomic E-state index is 13.7. The van der Waals surface area contributed by atoms with Crippen LogP contribution in [0.15, 0.2) is 64.2 Å². The van der Waals surface area contributed by atoms with Gasteiger partial charge in [0.05, 0.1) is 24.7 Å². The van der Waals surface area contributed by atoms with Gasteiger partial charge in [-0.3, -0.25) is 23.5 Å². The van der Waals surface area contributed by atoms with Crippen LogP contribution in [0.1, 0.15) is 22.9 Å². The highest BCUT2D eigenvalue weighted by molar-refractivity contribution is 7.18. The molecule has 0 aliphatic carbocycles. The van der Waals surface area contributed by atoms with Crippen molar-refractivity contribution in [1.82, 2.24) is 14.0 Å². The molecule has 2 aromatic heterocycles. The summed E-state index contributed by atoms with van der Waals surface area (Å²) >= 11 is 1.31. The number of rotatable bonds is 7. The van der Waals surface area contributed by atoms with Crippen molar-refractivity contribution in [3.8, 4) is 5.75 Å². The topological polar surface area (TPSA) is 103 Å². The summed E-state index contributed by atoms with van der Waals surface area (Å²) in [6.45, 7) is 2.33. The van der Waals surface area contributed by atoms with Crippen LogP contribution in [0.4, 0.5) is 5.69 Å². The lowest BCUT2D eigenvalue weighted by atomic mass is 10.1. The molecule has 0 atom stereocenters. The monoisotopic (exact) mass is 532 g/mol. The molecule has 0 fully saturated rings. The highest BCUT2D eigenvalue weighted by Crippen LogP contribution is 2.33. The lowest BCUT2D eigenvalue weighted by molar-refractivity contribution is -0.129. The number of para-hydroxylation sites is 2. The van der Waals surface area contributed by atoms with E-state index in [1.54, 1.807) is 29.2 Å². The van der Waals surface area contributed by atoms with Crippen LogP contribution in [-0.4, -0.2) is 39.5 Å². The van der Waals surface area contributed by atoms with E-state index in [0.29, 0.717) is 47.6 Å². The number of fused-ring (bicyclic) bond motifs is 3. The average Bonchev–Trinajstić information content (AvgIpc) is 3.31. The highest BCUT2D eigenvalue weighted by atomic mass is 32.1. The largest absolute Gasteiger partial charge is 0.495 e. The van der Waals surface area contributed by atoms with Gasteiger partial charge in [-0.1, -0.05) is 42.5 Å². The zero-order valence-corrected chi connectivity index (χ0v) is 22.0. The number of aryl methyl sites for hydroxylation is 1. The molecule has 0 saturated carbocycles. The Morgan fingerprint density at radius 2 is 1.76 bits per heavy atom. The number of nitrogens with one attached hydrogen (secondary N) is 1. The van der Waals surface area contributed by atoms with E-state index in [1.165, 1.54) is 34.5 Å². The molecule has 5 rings (SSSR count). The molecule has 1 aliphatic heterocycles. The molecule has 9 nitrogen and oxygen atoms in total. The van der Waals surface area contributed by atoms with Gasteiger partial charge in [0.25, 0.3) is 5.56 Å². The fourth-order valence-electron chi connectivity index (χ4n) is 4.83. The minimum atomic E-state index is -0.532. The minimum absolute atomic E-state index is 0.0399. The van der Waals surface area contributed by atoms with Crippen molar-refractivity contribution < 1.29 is 14.3 Å². The van der Waals surface area contributed by atoms with Gasteiger partial charge in [0, 0.05) is 24.9 Å². The van der Waals surface area contributed by atoms with Gasteiger partial charge in [-0.2, -0.15) is 0 Å². The smallest absolute Gasteiger partial charge is 0.332 e. The van der Waals surface area contributed by atoms with Crippen LogP contribution < -0.4 is 21.3 Å². The third kappa shape index (κ3) is 4.87. The van der Waals surface area contributed by atoms with Crippen LogP contribution in [0.5, 0.6) is 5.75 Å². The number of aromatic nitrogens is 2. The molecular formula is C28H28N4O5S. The molecule has 0 radical (unpaired) electrons. The molecule has 2 aromatic carbocycles. The van der Waals surface area contributed by atoms with Gasteiger partial charge in [0.15, 0.2) is 0 Å². The van der Waals surface area contributed by atoms with E-state index in [4.69, 9.17) is 4.74 Å². The number of thiophene rings is 1. The molecule has 0 spiro atoms. The Morgan fingerprint density at radius 1 is 1.03 bits per heavy atom. The molecule has 1 N–H and O–H groups in total. The van der Waals surface area contributed by atoms with Crippen LogP contribution >= 0.6 is 11.3 Å². The molecule has 0 saturated heterocycles. The molecule has 38 heavy (non-hydrogen) atoms. The van der Waals surface area contributed by atoms with Crippen molar-refractivity contribution in [3.63, 3.8) is 0 Å². The predicted octanol–water partition coefficient (Wildman–Crippen LogP) is 3.02. The fourth-order valence-corrected chi connectivity index (χ4v) is 6.17. The van der Waals surface area contributed by atoms with Crippen LogP contribution in [0.2, 0.25) is 0 Å². The normalized spacial score (nSPS) is 12.8. The number of anilines is 1. The average molecular weight is 533 g/mol. The molecule has 0 bridgehead atoms. The van der Waals surface area contributed by atoms with Crippen molar-refractivity contribution in [2.24, 2.45) is 0 Å². The second-order valence-corrected chi connectivity index (χ2v) is 10.3. The molecule has 10 heteroatoms. The number of benzene rings is 2. The highest BCUT2D eigenvalue weighted by Gasteiger charge is 2.27. The number of methoxy groups -OCH3 is 1. The van der Waals surface area contributed by atoms with E-state index < -0.39 is 11.6 Å². The van der Waals surface area contributed by atoms with E-state index in [9.17, 15) is 19.2 Å². The predicted molar refractivity (Wildman–Crippen MR) is 147 cm³/mol. The summed E-state index contributed by atoms with van der Waals surface area (Å²) in [5.74, 6) is 0.0481. The lowest BCUT2D eigenvalue weighted by Gasteiger charge is -2.25. The van der Waals surface area contributed by atoms with Crippen LogP contribution in [0.3, 0.4) is 0 Å². The zero-order chi connectivity index (χ0) is 26.8. The Labute approximate surface area is 222 Å². The third-order valence-corrected chi connectivity index (χ3v) is 8.04. The van der Waals surface area contributed by atoms with Gasteiger partial charge < -0.3 is 15.0 Å². The van der Waals surface area contributed by atoms with E-state index in [1.807, 2.05) is 30.3 Å². The summed E-state index contributed by atoms with van der Waals surface area (Å²) in [5, 5.41) is 3.28. The summed E-state index contributed by atoms with van der Waals surface area (Å²) < 4.78 is 7.94. The quantitative estimate of drug-likeness (QED) is 0.394. The van der Waals surface area contributed by atoms with Crippen molar-refractivity contribution in [2.45, 2.75) is 39.4 Å². The molecule has 0 unspecified atom stereocenters. The van der Waals surface area contributed by atoms with Crippen molar-refractivity contribution in [1.29, 1.82) is 0 Å². The van der Waals surface area contributed by atoms with E-state index >= 15 is 0 Å². The minimum Gasteiger partial charge on any atom is -0.495 e. The van der Waals surface area contributed by atoms with Gasteiger partial charge in [-0.05, 0) is 36.1 Å². The Kier molecular flexibility index (Phi) is 7.15. The Balaban J connectivity index is 1.58. The molecule has 2 amide bonds. The summed E-state index contributed by atoms with van der Waals surface area (Å²) in [5.41, 5.74) is 1.47. The maximum Gasteiger partial charge on any atom is 0.332 e. The summed E-state index contributed by atoms with van der Waals surface area (Å²) in [4.78, 5) is 55.6. The van der Waals surface area contributed by atoms with E-state index in [0.717, 1.165) is 16.0 Å². The second kappa shape index (κ2) is 10.7. The first-order valence-electron chi connectivity index (χ1n) is 12.4. The van der Waals surface area contributed by atoms with E-state index in [2.05, 4.69) is 5.32 Å².